The first-order valence-electron chi connectivity index (χ1n) is 25.6. The predicted octanol–water partition coefficient (Wildman–Crippen LogP) is 15.5. The molecule has 0 spiro atoms. The van der Waals surface area contributed by atoms with Crippen molar-refractivity contribution in [2.45, 2.75) is 245 Å². The summed E-state index contributed by atoms with van der Waals surface area (Å²) in [6.45, 7) is 3.60. The molecule has 10 heteroatoms. The summed E-state index contributed by atoms with van der Waals surface area (Å²) in [4.78, 5) is 35.0. The number of phosphoric ester groups is 1. The first-order valence-corrected chi connectivity index (χ1v) is 27.1. The van der Waals surface area contributed by atoms with Gasteiger partial charge in [-0.25, -0.2) is 4.57 Å². The molecule has 0 aliphatic heterocycles. The van der Waals surface area contributed by atoms with Crippen LogP contribution in [-0.4, -0.2) is 49.3 Å². The second-order valence-corrected chi connectivity index (χ2v) is 18.5. The summed E-state index contributed by atoms with van der Waals surface area (Å²) < 4.78 is 32.8. The van der Waals surface area contributed by atoms with Gasteiger partial charge < -0.3 is 20.1 Å². The van der Waals surface area contributed by atoms with Gasteiger partial charge in [0.15, 0.2) is 6.10 Å². The number of rotatable bonds is 48. The van der Waals surface area contributed by atoms with Crippen molar-refractivity contribution < 1.29 is 37.6 Å². The number of phosphoric acid groups is 1. The van der Waals surface area contributed by atoms with E-state index in [1.165, 1.54) is 148 Å². The molecule has 0 bridgehead atoms. The Kier molecular flexibility index (Phi) is 46.8. The minimum Gasteiger partial charge on any atom is -0.462 e. The van der Waals surface area contributed by atoms with Crippen molar-refractivity contribution in [2.24, 2.45) is 5.73 Å². The van der Waals surface area contributed by atoms with Crippen LogP contribution in [0.25, 0.3) is 0 Å². The number of esters is 2. The van der Waals surface area contributed by atoms with Gasteiger partial charge in [0.25, 0.3) is 0 Å². The number of nitrogens with two attached hydrogens (primary N) is 1. The average molecular weight is 894 g/mol. The number of unbranched alkanes of at least 4 members (excludes halogenated alkanes) is 27. The van der Waals surface area contributed by atoms with Gasteiger partial charge >= 0.3 is 19.8 Å². The smallest absolute Gasteiger partial charge is 0.462 e. The molecule has 0 aromatic carbocycles. The maximum absolute atomic E-state index is 12.6. The minimum absolute atomic E-state index is 0.0461. The number of hydrogen-bond donors (Lipinski definition) is 2. The SMILES string of the molecule is CC/C=C\C/C=C\C/C=C\C/C=C\CCCCC(=O)OC(COC(=O)CCCCCCCCCCCCCCCCCCCCCCCCCCCC)COP(=O)(O)OCCN. The van der Waals surface area contributed by atoms with Crippen LogP contribution in [0.15, 0.2) is 48.6 Å². The molecule has 2 unspecified atom stereocenters. The number of allylic oxidation sites excluding steroid dienone is 8. The number of hydrogen-bond acceptors (Lipinski definition) is 8. The van der Waals surface area contributed by atoms with Crippen LogP contribution >= 0.6 is 7.82 Å². The van der Waals surface area contributed by atoms with Gasteiger partial charge in [0.2, 0.25) is 0 Å². The highest BCUT2D eigenvalue weighted by Crippen LogP contribution is 2.43. The highest BCUT2D eigenvalue weighted by molar-refractivity contribution is 7.47. The highest BCUT2D eigenvalue weighted by atomic mass is 31.2. The van der Waals surface area contributed by atoms with Crippen LogP contribution in [0.2, 0.25) is 0 Å². The lowest BCUT2D eigenvalue weighted by atomic mass is 10.0. The number of carbonyl (C=O) groups excluding carboxylic acids is 2. The third kappa shape index (κ3) is 47.4. The second kappa shape index (κ2) is 48.4. The van der Waals surface area contributed by atoms with Crippen molar-refractivity contribution in [3.63, 3.8) is 0 Å². The number of ether oxygens (including phenoxy) is 2. The Labute approximate surface area is 381 Å². The summed E-state index contributed by atoms with van der Waals surface area (Å²) in [5.41, 5.74) is 5.36. The summed E-state index contributed by atoms with van der Waals surface area (Å²) >= 11 is 0. The van der Waals surface area contributed by atoms with E-state index in [0.29, 0.717) is 6.42 Å². The van der Waals surface area contributed by atoms with Crippen molar-refractivity contribution in [1.82, 2.24) is 0 Å². The second-order valence-electron chi connectivity index (χ2n) is 17.0. The molecule has 0 aromatic rings. The molecule has 0 amide bonds. The fourth-order valence-electron chi connectivity index (χ4n) is 7.22. The largest absolute Gasteiger partial charge is 0.472 e. The Morgan fingerprint density at radius 1 is 0.500 bits per heavy atom. The van der Waals surface area contributed by atoms with E-state index in [1.54, 1.807) is 0 Å². The normalized spacial score (nSPS) is 13.5. The molecule has 0 rings (SSSR count). The van der Waals surface area contributed by atoms with E-state index in [-0.39, 0.29) is 38.6 Å². The van der Waals surface area contributed by atoms with E-state index in [0.717, 1.165) is 57.8 Å². The molecule has 0 heterocycles. The van der Waals surface area contributed by atoms with Crippen molar-refractivity contribution in [3.8, 4) is 0 Å². The zero-order valence-electron chi connectivity index (χ0n) is 40.1. The Balaban J connectivity index is 3.98. The fourth-order valence-corrected chi connectivity index (χ4v) is 7.98. The standard InChI is InChI=1S/C52H96NO8P/c1-3-5-7-9-11-13-15-17-19-20-21-22-23-24-25-26-27-28-29-31-32-34-36-38-40-42-44-51(54)58-48-50(49-60-62(56,57)59-47-46-53)61-52(55)45-43-41-39-37-35-33-30-18-16-14-12-10-8-6-4-2/h6,8,12,14,18,30,35,37,50H,3-5,7,9-11,13,15-17,19-29,31-34,36,38-49,53H2,1-2H3,(H,56,57)/b8-6-,14-12-,30-18-,37-35-. The molecule has 3 N–H and O–H groups in total. The molecule has 362 valence electrons. The molecule has 9 nitrogen and oxygen atoms in total. The van der Waals surface area contributed by atoms with Crippen LogP contribution in [0, 0.1) is 0 Å². The first kappa shape index (κ1) is 60.0. The molecule has 0 aliphatic rings. The summed E-state index contributed by atoms with van der Waals surface area (Å²) in [5.74, 6) is -0.870. The quantitative estimate of drug-likeness (QED) is 0.0265. The zero-order valence-corrected chi connectivity index (χ0v) is 41.0. The van der Waals surface area contributed by atoms with E-state index >= 15 is 0 Å². The lowest BCUT2D eigenvalue weighted by Gasteiger charge is -2.19. The zero-order chi connectivity index (χ0) is 45.3. The van der Waals surface area contributed by atoms with E-state index in [9.17, 15) is 19.0 Å². The van der Waals surface area contributed by atoms with Crippen molar-refractivity contribution in [1.29, 1.82) is 0 Å². The average Bonchev–Trinajstić information content (AvgIpc) is 3.26. The molecule has 0 saturated carbocycles. The fraction of sp³-hybridized carbons (Fsp3) is 0.808. The van der Waals surface area contributed by atoms with Crippen LogP contribution in [0.4, 0.5) is 0 Å². The highest BCUT2D eigenvalue weighted by Gasteiger charge is 2.26. The summed E-state index contributed by atoms with van der Waals surface area (Å²) in [6.07, 6.45) is 57.5. The topological polar surface area (TPSA) is 134 Å². The van der Waals surface area contributed by atoms with Gasteiger partial charge in [0.1, 0.15) is 6.61 Å². The van der Waals surface area contributed by atoms with E-state index in [1.807, 2.05) is 0 Å². The number of carbonyl (C=O) groups is 2. The third-order valence-electron chi connectivity index (χ3n) is 11.0. The summed E-state index contributed by atoms with van der Waals surface area (Å²) in [6, 6.07) is 0. The van der Waals surface area contributed by atoms with Crippen molar-refractivity contribution in [2.75, 3.05) is 26.4 Å². The Bertz CT molecular complexity index is 1160. The van der Waals surface area contributed by atoms with Crippen molar-refractivity contribution >= 4 is 19.8 Å². The minimum atomic E-state index is -4.39. The molecule has 0 radical (unpaired) electrons. The Morgan fingerprint density at radius 2 is 0.887 bits per heavy atom. The summed E-state index contributed by atoms with van der Waals surface area (Å²) in [5, 5.41) is 0. The third-order valence-corrected chi connectivity index (χ3v) is 12.0. The molecule has 0 aliphatic carbocycles. The van der Waals surface area contributed by atoms with Gasteiger partial charge in [-0.3, -0.25) is 18.6 Å². The van der Waals surface area contributed by atoms with E-state index in [4.69, 9.17) is 24.3 Å². The lowest BCUT2D eigenvalue weighted by molar-refractivity contribution is -0.161. The molecule has 0 aromatic heterocycles. The van der Waals surface area contributed by atoms with E-state index < -0.39 is 26.5 Å². The predicted molar refractivity (Wildman–Crippen MR) is 261 cm³/mol. The molecular weight excluding hydrogens is 798 g/mol. The monoisotopic (exact) mass is 894 g/mol. The van der Waals surface area contributed by atoms with Crippen LogP contribution in [-0.2, 0) is 32.7 Å². The Morgan fingerprint density at radius 3 is 1.32 bits per heavy atom. The molecular formula is C52H96NO8P. The summed E-state index contributed by atoms with van der Waals surface area (Å²) in [7, 11) is -4.39. The molecule has 0 saturated heterocycles. The van der Waals surface area contributed by atoms with Gasteiger partial charge in [-0.15, -0.1) is 0 Å². The van der Waals surface area contributed by atoms with Gasteiger partial charge in [-0.2, -0.15) is 0 Å². The molecule has 0 fully saturated rings. The van der Waals surface area contributed by atoms with Gasteiger partial charge in [0.05, 0.1) is 13.2 Å². The van der Waals surface area contributed by atoms with Crippen LogP contribution in [0.1, 0.15) is 239 Å². The van der Waals surface area contributed by atoms with Crippen LogP contribution < -0.4 is 5.73 Å². The van der Waals surface area contributed by atoms with Crippen molar-refractivity contribution in [3.05, 3.63) is 48.6 Å². The van der Waals surface area contributed by atoms with Crippen LogP contribution in [0.3, 0.4) is 0 Å². The lowest BCUT2D eigenvalue weighted by Crippen LogP contribution is -2.29. The van der Waals surface area contributed by atoms with Gasteiger partial charge in [-0.1, -0.05) is 223 Å². The van der Waals surface area contributed by atoms with Gasteiger partial charge in [-0.05, 0) is 51.4 Å². The maximum Gasteiger partial charge on any atom is 0.472 e. The molecule has 62 heavy (non-hydrogen) atoms. The van der Waals surface area contributed by atoms with Crippen LogP contribution in [0.5, 0.6) is 0 Å². The first-order chi connectivity index (χ1) is 30.3. The molecule has 2 atom stereocenters. The Hall–Kier alpha value is -2.03. The maximum atomic E-state index is 12.6. The van der Waals surface area contributed by atoms with E-state index in [2.05, 4.69) is 62.5 Å². The van der Waals surface area contributed by atoms with Gasteiger partial charge in [0, 0.05) is 19.4 Å².